The summed E-state index contributed by atoms with van der Waals surface area (Å²) in [6.45, 7) is 5.31. The average Bonchev–Trinajstić information content (AvgIpc) is 3.35. The Morgan fingerprint density at radius 1 is 1.32 bits per heavy atom. The van der Waals surface area contributed by atoms with Crippen LogP contribution in [-0.2, 0) is 30.7 Å². The van der Waals surface area contributed by atoms with Crippen LogP contribution in [0.4, 0.5) is 0 Å². The Hall–Kier alpha value is -2.25. The van der Waals surface area contributed by atoms with Crippen molar-refractivity contribution in [2.75, 3.05) is 13.1 Å². The number of aromatic nitrogens is 1. The normalized spacial score (nSPS) is 19.6. The molecule has 2 N–H and O–H groups in total. The molecule has 1 atom stereocenters. The van der Waals surface area contributed by atoms with Gasteiger partial charge in [-0.05, 0) is 42.9 Å². The lowest BCUT2D eigenvalue weighted by Crippen LogP contribution is -2.44. The first kappa shape index (κ1) is 19.1. The minimum absolute atomic E-state index is 0.0379. The molecule has 0 bridgehead atoms. The Balaban J connectivity index is 1.45. The summed E-state index contributed by atoms with van der Waals surface area (Å²) in [5, 5.41) is 1.96. The number of nitrogens with zero attached hydrogens (tertiary/aromatic N) is 3. The molecule has 7 heteroatoms. The molecular weight excluding hydrogens is 372 g/mol. The number of carbonyl (C=O) groups excluding carboxylic acids is 2. The highest BCUT2D eigenvalue weighted by Crippen LogP contribution is 2.31. The molecule has 1 saturated heterocycles. The number of likely N-dealkylation sites (tertiary alicyclic amines) is 1. The molecule has 2 aromatic rings. The molecule has 2 aliphatic heterocycles. The highest BCUT2D eigenvalue weighted by molar-refractivity contribution is 7.10. The molecule has 148 valence electrons. The van der Waals surface area contributed by atoms with Gasteiger partial charge in [-0.3, -0.25) is 19.5 Å². The third-order valence-electron chi connectivity index (χ3n) is 5.78. The number of hydrogen-bond donors (Lipinski definition) is 1. The molecule has 28 heavy (non-hydrogen) atoms. The van der Waals surface area contributed by atoms with E-state index in [9.17, 15) is 9.59 Å². The first-order valence-electron chi connectivity index (χ1n) is 9.92. The highest BCUT2D eigenvalue weighted by atomic mass is 32.1. The first-order chi connectivity index (χ1) is 13.6. The summed E-state index contributed by atoms with van der Waals surface area (Å²) < 4.78 is 0. The number of carbonyl (C=O) groups is 2. The van der Waals surface area contributed by atoms with Crippen LogP contribution in [0, 0.1) is 0 Å². The molecule has 0 saturated carbocycles. The Labute approximate surface area is 169 Å². The number of hydrogen-bond acceptors (Lipinski definition) is 5. The molecule has 4 rings (SSSR count). The summed E-state index contributed by atoms with van der Waals surface area (Å²) >= 11 is 1.64. The number of rotatable bonds is 5. The van der Waals surface area contributed by atoms with Gasteiger partial charge in [0.1, 0.15) is 6.04 Å². The average molecular weight is 399 g/mol. The second-order valence-electron chi connectivity index (χ2n) is 7.58. The van der Waals surface area contributed by atoms with Gasteiger partial charge >= 0.3 is 0 Å². The van der Waals surface area contributed by atoms with Crippen molar-refractivity contribution >= 4 is 23.2 Å². The Morgan fingerprint density at radius 2 is 2.18 bits per heavy atom. The standard InChI is InChI=1S/C21H26N4O2S/c1-2-14-5-6-15(23-10-14)11-24-9-7-16-17(13-28-19(16)12-24)21(27)25-8-3-4-18(25)20(22)26/h5-6,10,13,18H,2-4,7-9,11-12H2,1H3,(H2,22,26)/t18-/m0/s1. The zero-order valence-corrected chi connectivity index (χ0v) is 17.0. The molecule has 4 heterocycles. The Morgan fingerprint density at radius 3 is 2.89 bits per heavy atom. The fourth-order valence-corrected chi connectivity index (χ4v) is 5.26. The largest absolute Gasteiger partial charge is 0.368 e. The summed E-state index contributed by atoms with van der Waals surface area (Å²) in [6.07, 6.45) is 5.31. The van der Waals surface area contributed by atoms with Crippen molar-refractivity contribution in [2.45, 2.75) is 51.7 Å². The molecule has 0 aromatic carbocycles. The molecule has 2 amide bonds. The van der Waals surface area contributed by atoms with E-state index >= 15 is 0 Å². The quantitative estimate of drug-likeness (QED) is 0.838. The summed E-state index contributed by atoms with van der Waals surface area (Å²) in [7, 11) is 0. The fourth-order valence-electron chi connectivity index (χ4n) is 4.14. The van der Waals surface area contributed by atoms with E-state index in [0.717, 1.165) is 55.7 Å². The maximum Gasteiger partial charge on any atom is 0.255 e. The molecule has 2 aromatic heterocycles. The SMILES string of the molecule is CCc1ccc(CN2CCc3c(C(=O)N4CCC[C@H]4C(N)=O)csc3C2)nc1. The molecule has 1 fully saturated rings. The van der Waals surface area contributed by atoms with Gasteiger partial charge in [-0.2, -0.15) is 0 Å². The van der Waals surface area contributed by atoms with Crippen LogP contribution in [-0.4, -0.2) is 45.7 Å². The Kier molecular flexibility index (Phi) is 5.46. The van der Waals surface area contributed by atoms with E-state index < -0.39 is 11.9 Å². The van der Waals surface area contributed by atoms with E-state index in [0.29, 0.717) is 13.0 Å². The smallest absolute Gasteiger partial charge is 0.255 e. The van der Waals surface area contributed by atoms with E-state index in [4.69, 9.17) is 5.73 Å². The third kappa shape index (κ3) is 3.69. The van der Waals surface area contributed by atoms with Crippen LogP contribution < -0.4 is 5.73 Å². The highest BCUT2D eigenvalue weighted by Gasteiger charge is 2.35. The van der Waals surface area contributed by atoms with Crippen molar-refractivity contribution in [3.05, 3.63) is 51.0 Å². The van der Waals surface area contributed by atoms with E-state index in [1.807, 2.05) is 11.6 Å². The summed E-state index contributed by atoms with van der Waals surface area (Å²) in [5.41, 5.74) is 9.73. The van der Waals surface area contributed by atoms with Gasteiger partial charge in [-0.25, -0.2) is 0 Å². The number of fused-ring (bicyclic) bond motifs is 1. The number of thiophene rings is 1. The number of pyridine rings is 1. The second kappa shape index (κ2) is 8.01. The van der Waals surface area contributed by atoms with Crippen molar-refractivity contribution in [2.24, 2.45) is 5.73 Å². The fraction of sp³-hybridized carbons (Fsp3) is 0.476. The molecular formula is C21H26N4O2S. The van der Waals surface area contributed by atoms with Gasteiger partial charge in [-0.1, -0.05) is 13.0 Å². The molecule has 6 nitrogen and oxygen atoms in total. The van der Waals surface area contributed by atoms with E-state index in [-0.39, 0.29) is 5.91 Å². The second-order valence-corrected chi connectivity index (χ2v) is 8.55. The van der Waals surface area contributed by atoms with Crippen LogP contribution in [0.25, 0.3) is 0 Å². The van der Waals surface area contributed by atoms with Crippen LogP contribution in [0.15, 0.2) is 23.7 Å². The minimum atomic E-state index is -0.458. The van der Waals surface area contributed by atoms with Crippen LogP contribution in [0.3, 0.4) is 0 Å². The van der Waals surface area contributed by atoms with E-state index in [1.54, 1.807) is 16.2 Å². The molecule has 0 spiro atoms. The lowest BCUT2D eigenvalue weighted by atomic mass is 10.0. The van der Waals surface area contributed by atoms with E-state index in [2.05, 4.69) is 28.9 Å². The zero-order valence-electron chi connectivity index (χ0n) is 16.2. The van der Waals surface area contributed by atoms with Crippen molar-refractivity contribution in [1.29, 1.82) is 0 Å². The monoisotopic (exact) mass is 398 g/mol. The van der Waals surface area contributed by atoms with E-state index in [1.165, 1.54) is 10.4 Å². The van der Waals surface area contributed by atoms with Crippen molar-refractivity contribution in [1.82, 2.24) is 14.8 Å². The van der Waals surface area contributed by atoms with Gasteiger partial charge in [0.25, 0.3) is 5.91 Å². The minimum Gasteiger partial charge on any atom is -0.368 e. The van der Waals surface area contributed by atoms with Crippen molar-refractivity contribution in [3.63, 3.8) is 0 Å². The first-order valence-corrected chi connectivity index (χ1v) is 10.8. The molecule has 0 unspecified atom stereocenters. The topological polar surface area (TPSA) is 79.5 Å². The van der Waals surface area contributed by atoms with Crippen LogP contribution in [0.5, 0.6) is 0 Å². The van der Waals surface area contributed by atoms with Gasteiger partial charge in [-0.15, -0.1) is 11.3 Å². The summed E-state index contributed by atoms with van der Waals surface area (Å²) in [6, 6.07) is 3.79. The van der Waals surface area contributed by atoms with Crippen molar-refractivity contribution < 1.29 is 9.59 Å². The van der Waals surface area contributed by atoms with Gasteiger partial charge < -0.3 is 10.6 Å². The lowest BCUT2D eigenvalue weighted by Gasteiger charge is -2.28. The van der Waals surface area contributed by atoms with Crippen LogP contribution in [0.1, 0.15) is 51.8 Å². The molecule has 0 aliphatic carbocycles. The number of primary amides is 1. The van der Waals surface area contributed by atoms with Gasteiger partial charge in [0.15, 0.2) is 0 Å². The predicted molar refractivity (Wildman–Crippen MR) is 109 cm³/mol. The number of aryl methyl sites for hydroxylation is 1. The van der Waals surface area contributed by atoms with Gasteiger partial charge in [0.05, 0.1) is 11.3 Å². The number of nitrogens with two attached hydrogens (primary N) is 1. The van der Waals surface area contributed by atoms with Crippen LogP contribution in [0.2, 0.25) is 0 Å². The predicted octanol–water partition coefficient (Wildman–Crippen LogP) is 2.35. The molecule has 2 aliphatic rings. The summed E-state index contributed by atoms with van der Waals surface area (Å²) in [5.74, 6) is -0.438. The van der Waals surface area contributed by atoms with Crippen molar-refractivity contribution in [3.8, 4) is 0 Å². The maximum absolute atomic E-state index is 13.0. The van der Waals surface area contributed by atoms with Crippen LogP contribution >= 0.6 is 11.3 Å². The third-order valence-corrected chi connectivity index (χ3v) is 6.79. The Bertz CT molecular complexity index is 877. The molecule has 0 radical (unpaired) electrons. The lowest BCUT2D eigenvalue weighted by molar-refractivity contribution is -0.121. The summed E-state index contributed by atoms with van der Waals surface area (Å²) in [4.78, 5) is 34.5. The van der Waals surface area contributed by atoms with Gasteiger partial charge in [0.2, 0.25) is 5.91 Å². The van der Waals surface area contributed by atoms with Gasteiger partial charge in [0, 0.05) is 42.6 Å². The number of amides is 2. The maximum atomic E-state index is 13.0. The zero-order chi connectivity index (χ0) is 19.7.